The number of carbonyl (C=O) groups is 2. The lowest BCUT2D eigenvalue weighted by Crippen LogP contribution is -2.29. The van der Waals surface area contributed by atoms with Gasteiger partial charge >= 0.3 is 0 Å². The van der Waals surface area contributed by atoms with Crippen LogP contribution in [0.1, 0.15) is 21.5 Å². The van der Waals surface area contributed by atoms with E-state index in [9.17, 15) is 9.59 Å². The molecule has 1 aliphatic rings. The maximum absolute atomic E-state index is 12.9. The topological polar surface area (TPSA) is 67.9 Å². The lowest BCUT2D eigenvalue weighted by atomic mass is 10.1. The van der Waals surface area contributed by atoms with Crippen LogP contribution < -0.4 is 19.7 Å². The van der Waals surface area contributed by atoms with Crippen molar-refractivity contribution in [2.75, 3.05) is 25.2 Å². The van der Waals surface area contributed by atoms with E-state index >= 15 is 0 Å². The molecule has 0 spiro atoms. The van der Waals surface area contributed by atoms with Gasteiger partial charge in [-0.1, -0.05) is 30.3 Å². The lowest BCUT2D eigenvalue weighted by Gasteiger charge is -2.18. The molecule has 0 aliphatic carbocycles. The van der Waals surface area contributed by atoms with Crippen molar-refractivity contribution < 1.29 is 19.1 Å². The Morgan fingerprint density at radius 1 is 0.968 bits per heavy atom. The highest BCUT2D eigenvalue weighted by Gasteiger charge is 2.25. The first-order chi connectivity index (χ1) is 15.1. The second-order valence-corrected chi connectivity index (χ2v) is 7.28. The van der Waals surface area contributed by atoms with Crippen molar-refractivity contribution in [1.29, 1.82) is 0 Å². The van der Waals surface area contributed by atoms with Gasteiger partial charge < -0.3 is 19.7 Å². The predicted molar refractivity (Wildman–Crippen MR) is 119 cm³/mol. The van der Waals surface area contributed by atoms with Crippen molar-refractivity contribution >= 4 is 17.5 Å². The number of benzene rings is 3. The highest BCUT2D eigenvalue weighted by atomic mass is 16.5. The van der Waals surface area contributed by atoms with Crippen LogP contribution in [-0.4, -0.2) is 32.1 Å². The third-order valence-electron chi connectivity index (χ3n) is 5.23. The van der Waals surface area contributed by atoms with Crippen LogP contribution >= 0.6 is 0 Å². The van der Waals surface area contributed by atoms with Crippen molar-refractivity contribution in [3.8, 4) is 11.5 Å². The zero-order valence-corrected chi connectivity index (χ0v) is 17.3. The Labute approximate surface area is 181 Å². The normalized spacial score (nSPS) is 12.2. The van der Waals surface area contributed by atoms with Crippen LogP contribution in [0.2, 0.25) is 0 Å². The molecule has 0 fully saturated rings. The molecule has 0 saturated carbocycles. The number of hydrogen-bond acceptors (Lipinski definition) is 4. The largest absolute Gasteiger partial charge is 0.497 e. The molecular weight excluding hydrogens is 392 g/mol. The van der Waals surface area contributed by atoms with Crippen molar-refractivity contribution in [2.45, 2.75) is 13.0 Å². The van der Waals surface area contributed by atoms with Gasteiger partial charge in [0.2, 0.25) is 0 Å². The molecule has 1 aliphatic heterocycles. The van der Waals surface area contributed by atoms with Gasteiger partial charge in [-0.25, -0.2) is 0 Å². The highest BCUT2D eigenvalue weighted by Crippen LogP contribution is 2.30. The summed E-state index contributed by atoms with van der Waals surface area (Å²) in [5.41, 5.74) is 3.66. The van der Waals surface area contributed by atoms with E-state index in [1.165, 1.54) is 0 Å². The molecule has 6 heteroatoms. The van der Waals surface area contributed by atoms with E-state index in [2.05, 4.69) is 5.32 Å². The number of nitrogens with one attached hydrogen (secondary N) is 1. The van der Waals surface area contributed by atoms with Gasteiger partial charge in [0.25, 0.3) is 11.8 Å². The van der Waals surface area contributed by atoms with Crippen molar-refractivity contribution in [3.63, 3.8) is 0 Å². The summed E-state index contributed by atoms with van der Waals surface area (Å²) >= 11 is 0. The summed E-state index contributed by atoms with van der Waals surface area (Å²) < 4.78 is 10.6. The Bertz CT molecular complexity index is 1060. The standard InChI is InChI=1S/C25H24N2O4/c1-30-21-9-11-22(12-10-21)31-17-24(28)26-16-18-7-8-19-13-14-27(23(19)15-18)25(29)20-5-3-2-4-6-20/h2-12,15H,13-14,16-17H2,1H3,(H,26,28). The number of amides is 2. The molecular formula is C25H24N2O4. The average Bonchev–Trinajstić information content (AvgIpc) is 3.25. The predicted octanol–water partition coefficient (Wildman–Crippen LogP) is 3.59. The molecule has 1 heterocycles. The van der Waals surface area contributed by atoms with Crippen molar-refractivity contribution in [1.82, 2.24) is 5.32 Å². The van der Waals surface area contributed by atoms with Crippen molar-refractivity contribution in [3.05, 3.63) is 89.5 Å². The highest BCUT2D eigenvalue weighted by molar-refractivity contribution is 6.07. The number of methoxy groups -OCH3 is 1. The minimum absolute atomic E-state index is 0.00609. The smallest absolute Gasteiger partial charge is 0.258 e. The fraction of sp³-hybridized carbons (Fsp3) is 0.200. The van der Waals surface area contributed by atoms with Gasteiger partial charge in [0.15, 0.2) is 6.61 Å². The van der Waals surface area contributed by atoms with E-state index in [0.29, 0.717) is 24.4 Å². The summed E-state index contributed by atoms with van der Waals surface area (Å²) in [6.45, 7) is 0.954. The fourth-order valence-corrected chi connectivity index (χ4v) is 3.55. The zero-order chi connectivity index (χ0) is 21.6. The zero-order valence-electron chi connectivity index (χ0n) is 17.3. The summed E-state index contributed by atoms with van der Waals surface area (Å²) in [7, 11) is 1.60. The maximum Gasteiger partial charge on any atom is 0.258 e. The molecule has 0 bridgehead atoms. The number of anilines is 1. The molecule has 1 N–H and O–H groups in total. The molecule has 6 nitrogen and oxygen atoms in total. The Balaban J connectivity index is 1.34. The average molecular weight is 416 g/mol. The Hall–Kier alpha value is -3.80. The Kier molecular flexibility index (Phi) is 6.17. The third kappa shape index (κ3) is 4.86. The lowest BCUT2D eigenvalue weighted by molar-refractivity contribution is -0.123. The fourth-order valence-electron chi connectivity index (χ4n) is 3.55. The number of hydrogen-bond donors (Lipinski definition) is 1. The maximum atomic E-state index is 12.9. The summed E-state index contributed by atoms with van der Waals surface area (Å²) in [6, 6.07) is 22.3. The summed E-state index contributed by atoms with van der Waals surface area (Å²) in [4.78, 5) is 26.9. The monoisotopic (exact) mass is 416 g/mol. The molecule has 3 aromatic rings. The number of fused-ring (bicyclic) bond motifs is 1. The minimum Gasteiger partial charge on any atom is -0.497 e. The van der Waals surface area contributed by atoms with Crippen LogP contribution in [0.3, 0.4) is 0 Å². The molecule has 3 aromatic carbocycles. The second-order valence-electron chi connectivity index (χ2n) is 7.28. The molecule has 0 aromatic heterocycles. The van der Waals surface area contributed by atoms with Crippen LogP contribution in [0, 0.1) is 0 Å². The van der Waals surface area contributed by atoms with Crippen molar-refractivity contribution in [2.24, 2.45) is 0 Å². The SMILES string of the molecule is COc1ccc(OCC(=O)NCc2ccc3c(c2)N(C(=O)c2ccccc2)CC3)cc1. The van der Waals surface area contributed by atoms with Crippen LogP contribution in [0.25, 0.3) is 0 Å². The summed E-state index contributed by atoms with van der Waals surface area (Å²) in [5.74, 6) is 1.11. The molecule has 158 valence electrons. The Morgan fingerprint density at radius 2 is 1.71 bits per heavy atom. The van der Waals surface area contributed by atoms with Gasteiger partial charge in [-0.3, -0.25) is 9.59 Å². The number of ether oxygens (including phenoxy) is 2. The first kappa shape index (κ1) is 20.5. The van der Waals surface area contributed by atoms with Gasteiger partial charge in [-0.2, -0.15) is 0 Å². The van der Waals surface area contributed by atoms with Gasteiger partial charge in [0.05, 0.1) is 7.11 Å². The molecule has 4 rings (SSSR count). The summed E-state index contributed by atoms with van der Waals surface area (Å²) in [5, 5.41) is 2.87. The van der Waals surface area contributed by atoms with Gasteiger partial charge in [0.1, 0.15) is 11.5 Å². The van der Waals surface area contributed by atoms with Gasteiger partial charge in [-0.15, -0.1) is 0 Å². The minimum atomic E-state index is -0.214. The molecule has 0 radical (unpaired) electrons. The molecule has 31 heavy (non-hydrogen) atoms. The van der Waals surface area contributed by atoms with E-state index in [0.717, 1.165) is 29.0 Å². The third-order valence-corrected chi connectivity index (χ3v) is 5.23. The number of rotatable bonds is 7. The number of carbonyl (C=O) groups excluding carboxylic acids is 2. The van der Waals surface area contributed by atoms with E-state index in [-0.39, 0.29) is 18.4 Å². The van der Waals surface area contributed by atoms with E-state index in [1.807, 2.05) is 53.4 Å². The molecule has 2 amide bonds. The van der Waals surface area contributed by atoms with E-state index in [1.54, 1.807) is 31.4 Å². The Morgan fingerprint density at radius 3 is 2.45 bits per heavy atom. The van der Waals surface area contributed by atoms with Gasteiger partial charge in [-0.05, 0) is 60.0 Å². The molecule has 0 unspecified atom stereocenters. The second kappa shape index (κ2) is 9.34. The summed E-state index contributed by atoms with van der Waals surface area (Å²) in [6.07, 6.45) is 0.830. The van der Waals surface area contributed by atoms with Crippen LogP contribution in [0.15, 0.2) is 72.8 Å². The van der Waals surface area contributed by atoms with Crippen LogP contribution in [-0.2, 0) is 17.8 Å². The van der Waals surface area contributed by atoms with Gasteiger partial charge in [0, 0.05) is 24.3 Å². The molecule has 0 saturated heterocycles. The first-order valence-electron chi connectivity index (χ1n) is 10.2. The van der Waals surface area contributed by atoms with E-state index in [4.69, 9.17) is 9.47 Å². The number of nitrogens with zero attached hydrogens (tertiary/aromatic N) is 1. The molecule has 0 atom stereocenters. The van der Waals surface area contributed by atoms with E-state index < -0.39 is 0 Å². The van der Waals surface area contributed by atoms with Crippen LogP contribution in [0.4, 0.5) is 5.69 Å². The van der Waals surface area contributed by atoms with Crippen LogP contribution in [0.5, 0.6) is 11.5 Å². The first-order valence-corrected chi connectivity index (χ1v) is 10.2. The quantitative estimate of drug-likeness (QED) is 0.639.